The molecule has 2 aromatic carbocycles. The van der Waals surface area contributed by atoms with Gasteiger partial charge >= 0.3 is 0 Å². The first kappa shape index (κ1) is 17.0. The van der Waals surface area contributed by atoms with E-state index in [2.05, 4.69) is 40.4 Å². The molecule has 0 atom stereocenters. The van der Waals surface area contributed by atoms with Crippen LogP contribution in [0.3, 0.4) is 0 Å². The molecule has 30 heavy (non-hydrogen) atoms. The Kier molecular flexibility index (Phi) is 3.71. The molecule has 0 aliphatic carbocycles. The molecule has 1 aliphatic heterocycles. The van der Waals surface area contributed by atoms with Gasteiger partial charge in [0.05, 0.1) is 5.69 Å². The number of aryl methyl sites for hydroxylation is 1. The highest BCUT2D eigenvalue weighted by atomic mass is 16.6. The van der Waals surface area contributed by atoms with Gasteiger partial charge in [-0.25, -0.2) is 0 Å². The van der Waals surface area contributed by atoms with E-state index in [4.69, 9.17) is 13.9 Å². The van der Waals surface area contributed by atoms with E-state index in [-0.39, 0.29) is 0 Å². The van der Waals surface area contributed by atoms with Crippen molar-refractivity contribution in [3.63, 3.8) is 0 Å². The Hall–Kier alpha value is -3.93. The van der Waals surface area contributed by atoms with Crippen LogP contribution in [0.5, 0.6) is 11.5 Å². The molecule has 6 rings (SSSR count). The third-order valence-corrected chi connectivity index (χ3v) is 5.51. The van der Waals surface area contributed by atoms with Crippen molar-refractivity contribution in [1.82, 2.24) is 9.97 Å². The van der Waals surface area contributed by atoms with E-state index in [1.165, 1.54) is 10.9 Å². The minimum atomic E-state index is 0.553. The van der Waals surface area contributed by atoms with Gasteiger partial charge < -0.3 is 24.2 Å². The molecule has 4 heterocycles. The van der Waals surface area contributed by atoms with Crippen molar-refractivity contribution in [2.45, 2.75) is 6.92 Å². The normalized spacial score (nSPS) is 13.1. The van der Waals surface area contributed by atoms with E-state index in [1.54, 1.807) is 6.20 Å². The van der Waals surface area contributed by atoms with Gasteiger partial charge in [0.25, 0.3) is 0 Å². The summed E-state index contributed by atoms with van der Waals surface area (Å²) in [4.78, 5) is 7.74. The number of anilines is 2. The van der Waals surface area contributed by atoms with Crippen molar-refractivity contribution in [2.75, 3.05) is 18.5 Å². The van der Waals surface area contributed by atoms with Gasteiger partial charge in [-0.2, -0.15) is 0 Å². The molecule has 0 unspecified atom stereocenters. The van der Waals surface area contributed by atoms with Crippen LogP contribution in [-0.4, -0.2) is 23.2 Å². The van der Waals surface area contributed by atoms with Crippen LogP contribution in [0.25, 0.3) is 33.3 Å². The van der Waals surface area contributed by atoms with Crippen molar-refractivity contribution < 1.29 is 13.9 Å². The predicted molar refractivity (Wildman–Crippen MR) is 117 cm³/mol. The van der Waals surface area contributed by atoms with Crippen LogP contribution in [0.15, 0.2) is 65.3 Å². The largest absolute Gasteiger partial charge is 0.486 e. The number of hydrogen-bond acceptors (Lipinski definition) is 5. The van der Waals surface area contributed by atoms with Gasteiger partial charge in [0.2, 0.25) is 0 Å². The van der Waals surface area contributed by atoms with Gasteiger partial charge in [0.15, 0.2) is 17.1 Å². The lowest BCUT2D eigenvalue weighted by atomic mass is 10.1. The highest BCUT2D eigenvalue weighted by Crippen LogP contribution is 2.38. The number of hydrogen-bond donors (Lipinski definition) is 2. The minimum Gasteiger partial charge on any atom is -0.486 e. The molecule has 3 aromatic heterocycles. The Morgan fingerprint density at radius 3 is 2.77 bits per heavy atom. The summed E-state index contributed by atoms with van der Waals surface area (Å²) in [6, 6.07) is 16.0. The first-order chi connectivity index (χ1) is 14.8. The maximum Gasteiger partial charge on any atom is 0.176 e. The lowest BCUT2D eigenvalue weighted by Gasteiger charge is -2.18. The van der Waals surface area contributed by atoms with Crippen LogP contribution in [0.2, 0.25) is 0 Å². The van der Waals surface area contributed by atoms with E-state index in [0.717, 1.165) is 50.8 Å². The van der Waals surface area contributed by atoms with Gasteiger partial charge in [-0.05, 0) is 55.0 Å². The highest BCUT2D eigenvalue weighted by Gasteiger charge is 2.16. The van der Waals surface area contributed by atoms with E-state index >= 15 is 0 Å². The standard InChI is InChI=1S/C24H19N3O3/c1-14-16-6-8-25-18(16)4-3-17(14)27-19-7-9-26-20-13-22(30-24(19)20)15-2-5-21-23(12-15)29-11-10-28-21/h2-9,12-13,25H,10-11H2,1H3,(H,26,27). The Balaban J connectivity index is 1.41. The molecular weight excluding hydrogens is 378 g/mol. The van der Waals surface area contributed by atoms with Gasteiger partial charge in [0, 0.05) is 40.6 Å². The summed E-state index contributed by atoms with van der Waals surface area (Å²) in [6.07, 6.45) is 3.75. The number of nitrogens with zero attached hydrogens (tertiary/aromatic N) is 1. The molecule has 0 saturated carbocycles. The number of aromatic nitrogens is 2. The Morgan fingerprint density at radius 2 is 1.83 bits per heavy atom. The SMILES string of the molecule is Cc1c(Nc2ccnc3cc(-c4ccc5c(c4)OCCO5)oc23)ccc2[nH]ccc12. The third-order valence-electron chi connectivity index (χ3n) is 5.51. The molecule has 0 spiro atoms. The molecule has 148 valence electrons. The molecule has 0 fully saturated rings. The molecule has 6 heteroatoms. The molecule has 2 N–H and O–H groups in total. The van der Waals surface area contributed by atoms with Gasteiger partial charge in [-0.15, -0.1) is 0 Å². The van der Waals surface area contributed by atoms with Crippen LogP contribution >= 0.6 is 0 Å². The number of H-pyrrole nitrogens is 1. The molecule has 0 saturated heterocycles. The van der Waals surface area contributed by atoms with E-state index in [0.29, 0.717) is 13.2 Å². The first-order valence-corrected chi connectivity index (χ1v) is 9.88. The average Bonchev–Trinajstić information content (AvgIpc) is 3.43. The zero-order valence-corrected chi connectivity index (χ0v) is 16.4. The van der Waals surface area contributed by atoms with Gasteiger partial charge in [-0.1, -0.05) is 0 Å². The van der Waals surface area contributed by atoms with E-state index in [9.17, 15) is 0 Å². The maximum atomic E-state index is 6.23. The Morgan fingerprint density at radius 1 is 0.933 bits per heavy atom. The summed E-state index contributed by atoms with van der Waals surface area (Å²) in [6.45, 7) is 3.24. The quantitative estimate of drug-likeness (QED) is 0.403. The molecule has 0 radical (unpaired) electrons. The number of aromatic amines is 1. The average molecular weight is 397 g/mol. The molecular formula is C24H19N3O3. The minimum absolute atomic E-state index is 0.553. The Labute approximate surface area is 172 Å². The number of pyridine rings is 1. The zero-order valence-electron chi connectivity index (χ0n) is 16.4. The summed E-state index contributed by atoms with van der Waals surface area (Å²) < 4.78 is 17.6. The second-order valence-corrected chi connectivity index (χ2v) is 7.34. The second kappa shape index (κ2) is 6.56. The zero-order chi connectivity index (χ0) is 20.1. The van der Waals surface area contributed by atoms with E-state index in [1.807, 2.05) is 36.5 Å². The number of ether oxygens (including phenoxy) is 2. The van der Waals surface area contributed by atoms with Crippen molar-refractivity contribution in [3.05, 3.63) is 66.5 Å². The van der Waals surface area contributed by atoms with Crippen molar-refractivity contribution in [1.29, 1.82) is 0 Å². The maximum absolute atomic E-state index is 6.23. The van der Waals surface area contributed by atoms with Crippen LogP contribution in [0.1, 0.15) is 5.56 Å². The highest BCUT2D eigenvalue weighted by molar-refractivity contribution is 5.94. The molecule has 6 nitrogen and oxygen atoms in total. The summed E-state index contributed by atoms with van der Waals surface area (Å²) in [5.74, 6) is 2.24. The summed E-state index contributed by atoms with van der Waals surface area (Å²) in [5.41, 5.74) is 6.65. The first-order valence-electron chi connectivity index (χ1n) is 9.88. The van der Waals surface area contributed by atoms with Gasteiger partial charge in [-0.3, -0.25) is 4.98 Å². The van der Waals surface area contributed by atoms with Crippen molar-refractivity contribution in [2.24, 2.45) is 0 Å². The van der Waals surface area contributed by atoms with Crippen LogP contribution in [-0.2, 0) is 0 Å². The number of fused-ring (bicyclic) bond motifs is 3. The fourth-order valence-electron chi connectivity index (χ4n) is 3.94. The van der Waals surface area contributed by atoms with Crippen LogP contribution in [0, 0.1) is 6.92 Å². The molecule has 1 aliphatic rings. The third kappa shape index (κ3) is 2.69. The second-order valence-electron chi connectivity index (χ2n) is 7.34. The molecule has 5 aromatic rings. The number of nitrogens with one attached hydrogen (secondary N) is 2. The van der Waals surface area contributed by atoms with Crippen LogP contribution in [0.4, 0.5) is 11.4 Å². The number of benzene rings is 2. The van der Waals surface area contributed by atoms with Gasteiger partial charge in [0.1, 0.15) is 24.5 Å². The smallest absolute Gasteiger partial charge is 0.176 e. The topological polar surface area (TPSA) is 72.3 Å². The molecule has 0 bridgehead atoms. The Bertz CT molecular complexity index is 1400. The number of furan rings is 1. The fourth-order valence-corrected chi connectivity index (χ4v) is 3.94. The predicted octanol–water partition coefficient (Wildman–Crippen LogP) is 5.80. The molecule has 0 amide bonds. The lowest BCUT2D eigenvalue weighted by Crippen LogP contribution is -2.15. The summed E-state index contributed by atoms with van der Waals surface area (Å²) in [5, 5.41) is 4.72. The fraction of sp³-hybridized carbons (Fsp3) is 0.125. The lowest BCUT2D eigenvalue weighted by molar-refractivity contribution is 0.171. The van der Waals surface area contributed by atoms with Crippen molar-refractivity contribution >= 4 is 33.4 Å². The number of rotatable bonds is 3. The summed E-state index contributed by atoms with van der Waals surface area (Å²) in [7, 11) is 0. The van der Waals surface area contributed by atoms with Crippen LogP contribution < -0.4 is 14.8 Å². The van der Waals surface area contributed by atoms with E-state index < -0.39 is 0 Å². The van der Waals surface area contributed by atoms with Crippen molar-refractivity contribution in [3.8, 4) is 22.8 Å². The monoisotopic (exact) mass is 397 g/mol. The summed E-state index contributed by atoms with van der Waals surface area (Å²) >= 11 is 0.